The lowest BCUT2D eigenvalue weighted by atomic mass is 10.0. The Morgan fingerprint density at radius 1 is 0.871 bits per heavy atom. The van der Waals surface area contributed by atoms with Crippen molar-refractivity contribution in [1.82, 2.24) is 10.6 Å². The molecule has 0 spiro atoms. The number of ether oxygens (including phenoxy) is 1. The van der Waals surface area contributed by atoms with Gasteiger partial charge in [-0.2, -0.15) is 0 Å². The number of rotatable bonds is 9. The number of amides is 2. The Morgan fingerprint density at radius 3 is 2.16 bits per heavy atom. The highest BCUT2D eigenvalue weighted by Crippen LogP contribution is 2.13. The number of aromatic hydroxyl groups is 1. The molecule has 0 saturated heterocycles. The predicted molar refractivity (Wildman–Crippen MR) is 119 cm³/mol. The van der Waals surface area contributed by atoms with Gasteiger partial charge in [0.15, 0.2) is 0 Å². The minimum Gasteiger partial charge on any atom is -0.508 e. The van der Waals surface area contributed by atoms with Crippen molar-refractivity contribution in [3.05, 3.63) is 95.6 Å². The molecule has 0 heterocycles. The van der Waals surface area contributed by atoms with Gasteiger partial charge < -0.3 is 20.5 Å². The molecule has 0 fully saturated rings. The maximum absolute atomic E-state index is 12.9. The van der Waals surface area contributed by atoms with Crippen LogP contribution >= 0.6 is 0 Å². The number of phenolic OH excluding ortho intramolecular Hbond substituents is 1. The molecule has 3 N–H and O–H groups in total. The predicted octanol–water partition coefficient (Wildman–Crippen LogP) is 2.99. The first-order valence-corrected chi connectivity index (χ1v) is 10.1. The molecule has 31 heavy (non-hydrogen) atoms. The van der Waals surface area contributed by atoms with Crippen molar-refractivity contribution in [2.24, 2.45) is 0 Å². The first-order chi connectivity index (χ1) is 15.0. The number of benzene rings is 3. The summed E-state index contributed by atoms with van der Waals surface area (Å²) in [6.45, 7) is 0.375. The highest BCUT2D eigenvalue weighted by atomic mass is 16.5. The van der Waals surface area contributed by atoms with Crippen molar-refractivity contribution in [2.45, 2.75) is 25.4 Å². The van der Waals surface area contributed by atoms with Crippen LogP contribution in [0.4, 0.5) is 0 Å². The van der Waals surface area contributed by atoms with Gasteiger partial charge in [0, 0.05) is 13.0 Å². The van der Waals surface area contributed by atoms with Gasteiger partial charge in [-0.05, 0) is 41.0 Å². The van der Waals surface area contributed by atoms with Crippen LogP contribution in [-0.4, -0.2) is 30.1 Å². The minimum absolute atomic E-state index is 0.150. The van der Waals surface area contributed by atoms with Gasteiger partial charge in [0.1, 0.15) is 17.5 Å². The van der Waals surface area contributed by atoms with Crippen molar-refractivity contribution >= 4 is 11.8 Å². The Balaban J connectivity index is 1.66. The van der Waals surface area contributed by atoms with Crippen molar-refractivity contribution < 1.29 is 19.4 Å². The fraction of sp³-hybridized carbons (Fsp3) is 0.200. The number of hydrogen-bond donors (Lipinski definition) is 3. The molecule has 3 aromatic carbocycles. The van der Waals surface area contributed by atoms with Gasteiger partial charge in [-0.1, -0.05) is 54.6 Å². The zero-order valence-corrected chi connectivity index (χ0v) is 17.4. The molecule has 1 unspecified atom stereocenters. The zero-order valence-electron chi connectivity index (χ0n) is 17.4. The van der Waals surface area contributed by atoms with Crippen LogP contribution in [0.3, 0.4) is 0 Å². The molecule has 6 nitrogen and oxygen atoms in total. The average molecular weight is 418 g/mol. The van der Waals surface area contributed by atoms with Gasteiger partial charge in [0.25, 0.3) is 0 Å². The van der Waals surface area contributed by atoms with Gasteiger partial charge in [0.05, 0.1) is 13.5 Å². The molecule has 0 aliphatic carbocycles. The van der Waals surface area contributed by atoms with Crippen LogP contribution in [0.1, 0.15) is 16.7 Å². The number of hydrogen-bond acceptors (Lipinski definition) is 4. The van der Waals surface area contributed by atoms with Gasteiger partial charge in [-0.15, -0.1) is 0 Å². The normalized spacial score (nSPS) is 11.4. The van der Waals surface area contributed by atoms with Crippen LogP contribution in [0.2, 0.25) is 0 Å². The second-order valence-electron chi connectivity index (χ2n) is 7.22. The maximum atomic E-state index is 12.9. The highest BCUT2D eigenvalue weighted by molar-refractivity contribution is 5.88. The summed E-state index contributed by atoms with van der Waals surface area (Å²) in [5.41, 5.74) is 2.64. The fourth-order valence-corrected chi connectivity index (χ4v) is 3.16. The third-order valence-electron chi connectivity index (χ3n) is 4.86. The van der Waals surface area contributed by atoms with E-state index < -0.39 is 6.04 Å². The second-order valence-corrected chi connectivity index (χ2v) is 7.22. The molecule has 0 aliphatic heterocycles. The Morgan fingerprint density at radius 2 is 1.52 bits per heavy atom. The number of methoxy groups -OCH3 is 1. The summed E-state index contributed by atoms with van der Waals surface area (Å²) in [6.07, 6.45) is 0.470. The van der Waals surface area contributed by atoms with Crippen LogP contribution in [0.5, 0.6) is 11.5 Å². The summed E-state index contributed by atoms with van der Waals surface area (Å²) in [6, 6.07) is 22.7. The van der Waals surface area contributed by atoms with Crippen LogP contribution < -0.4 is 15.4 Å². The van der Waals surface area contributed by atoms with Crippen LogP contribution in [-0.2, 0) is 29.0 Å². The first-order valence-electron chi connectivity index (χ1n) is 10.1. The van der Waals surface area contributed by atoms with Crippen molar-refractivity contribution in [1.29, 1.82) is 0 Å². The van der Waals surface area contributed by atoms with Crippen molar-refractivity contribution in [3.63, 3.8) is 0 Å². The molecule has 0 saturated carbocycles. The maximum Gasteiger partial charge on any atom is 0.243 e. The Labute approximate surface area is 181 Å². The minimum atomic E-state index is -0.737. The van der Waals surface area contributed by atoms with E-state index in [-0.39, 0.29) is 24.0 Å². The lowest BCUT2D eigenvalue weighted by Gasteiger charge is -2.19. The summed E-state index contributed by atoms with van der Waals surface area (Å²) in [5.74, 6) is 0.357. The van der Waals surface area contributed by atoms with Crippen LogP contribution in [0, 0.1) is 0 Å². The number of phenols is 1. The largest absolute Gasteiger partial charge is 0.508 e. The van der Waals surface area contributed by atoms with Gasteiger partial charge in [-0.3, -0.25) is 9.59 Å². The van der Waals surface area contributed by atoms with Crippen molar-refractivity contribution in [3.8, 4) is 11.5 Å². The van der Waals surface area contributed by atoms with E-state index in [1.807, 2.05) is 42.5 Å². The van der Waals surface area contributed by atoms with Gasteiger partial charge in [-0.25, -0.2) is 0 Å². The van der Waals surface area contributed by atoms with Crippen molar-refractivity contribution in [2.75, 3.05) is 7.11 Å². The number of nitrogens with one attached hydrogen (secondary N) is 2. The smallest absolute Gasteiger partial charge is 0.243 e. The van der Waals surface area contributed by atoms with E-state index in [2.05, 4.69) is 10.6 Å². The van der Waals surface area contributed by atoms with Gasteiger partial charge in [0.2, 0.25) is 11.8 Å². The molecular weight excluding hydrogens is 392 g/mol. The molecular formula is C25H26N2O4. The number of carbonyl (C=O) groups is 2. The SMILES string of the molecule is COc1ccc(CC(=O)NC(Cc2ccc(O)cc2)C(=O)NCc2ccccc2)cc1. The van der Waals surface area contributed by atoms with E-state index in [1.54, 1.807) is 43.5 Å². The van der Waals surface area contributed by atoms with Crippen LogP contribution in [0.25, 0.3) is 0 Å². The third kappa shape index (κ3) is 6.89. The topological polar surface area (TPSA) is 87.7 Å². The summed E-state index contributed by atoms with van der Waals surface area (Å²) < 4.78 is 5.14. The van der Waals surface area contributed by atoms with E-state index in [0.717, 1.165) is 22.4 Å². The summed E-state index contributed by atoms with van der Waals surface area (Å²) in [4.78, 5) is 25.5. The van der Waals surface area contributed by atoms with Gasteiger partial charge >= 0.3 is 0 Å². The zero-order chi connectivity index (χ0) is 22.1. The van der Waals surface area contributed by atoms with E-state index in [4.69, 9.17) is 4.74 Å². The Kier molecular flexibility index (Phi) is 7.65. The third-order valence-corrected chi connectivity index (χ3v) is 4.86. The number of carbonyl (C=O) groups excluding carboxylic acids is 2. The average Bonchev–Trinajstić information content (AvgIpc) is 2.79. The molecule has 6 heteroatoms. The fourth-order valence-electron chi connectivity index (χ4n) is 3.16. The molecule has 0 radical (unpaired) electrons. The van der Waals surface area contributed by atoms with E-state index in [0.29, 0.717) is 13.0 Å². The molecule has 2 amide bonds. The molecule has 0 aromatic heterocycles. The monoisotopic (exact) mass is 418 g/mol. The second kappa shape index (κ2) is 10.8. The molecule has 0 bridgehead atoms. The first kappa shape index (κ1) is 21.9. The molecule has 1 atom stereocenters. The van der Waals surface area contributed by atoms with Crippen LogP contribution in [0.15, 0.2) is 78.9 Å². The van der Waals surface area contributed by atoms with E-state index in [9.17, 15) is 14.7 Å². The molecule has 0 aliphatic rings. The molecule has 3 rings (SSSR count). The standard InChI is InChI=1S/C25H26N2O4/c1-31-22-13-9-19(10-14-22)16-24(29)27-23(15-18-7-11-21(28)12-8-18)25(30)26-17-20-5-3-2-4-6-20/h2-14,23,28H,15-17H2,1H3,(H,26,30)(H,27,29). The lowest BCUT2D eigenvalue weighted by molar-refractivity contribution is -0.128. The Hall–Kier alpha value is -3.80. The molecule has 160 valence electrons. The Bertz CT molecular complexity index is 986. The highest BCUT2D eigenvalue weighted by Gasteiger charge is 2.21. The quantitative estimate of drug-likeness (QED) is 0.499. The van der Waals surface area contributed by atoms with E-state index in [1.165, 1.54) is 0 Å². The lowest BCUT2D eigenvalue weighted by Crippen LogP contribution is -2.48. The summed E-state index contributed by atoms with van der Waals surface area (Å²) in [5, 5.41) is 15.2. The van der Waals surface area contributed by atoms with E-state index >= 15 is 0 Å². The summed E-state index contributed by atoms with van der Waals surface area (Å²) in [7, 11) is 1.59. The summed E-state index contributed by atoms with van der Waals surface area (Å²) >= 11 is 0. The molecule has 3 aromatic rings.